The molecule has 0 aliphatic rings. The van der Waals surface area contributed by atoms with Crippen LogP contribution in [0.2, 0.25) is 0 Å². The Hall–Kier alpha value is 0.310. The molecule has 2 heteroatoms. The standard InChI is InChI=1S/C12H27NS/c1-5-7-8-12(6-2)9-13-11(3)10-14-4/h11-13H,5-10H2,1-4H3. The van der Waals surface area contributed by atoms with Crippen molar-refractivity contribution < 1.29 is 0 Å². The quantitative estimate of drug-likeness (QED) is 0.634. The third-order valence-corrected chi connectivity index (χ3v) is 3.55. The van der Waals surface area contributed by atoms with Gasteiger partial charge in [-0.2, -0.15) is 11.8 Å². The zero-order valence-corrected chi connectivity index (χ0v) is 11.1. The molecule has 0 bridgehead atoms. The molecular formula is C12H27NS. The minimum absolute atomic E-state index is 0.667. The molecule has 0 spiro atoms. The molecule has 2 unspecified atom stereocenters. The Bertz CT molecular complexity index is 117. The molecule has 0 radical (unpaired) electrons. The van der Waals surface area contributed by atoms with Gasteiger partial charge >= 0.3 is 0 Å². The molecule has 86 valence electrons. The van der Waals surface area contributed by atoms with E-state index in [-0.39, 0.29) is 0 Å². The highest BCUT2D eigenvalue weighted by Gasteiger charge is 2.07. The summed E-state index contributed by atoms with van der Waals surface area (Å²) in [6, 6.07) is 0.667. The third-order valence-electron chi connectivity index (χ3n) is 2.71. The number of rotatable bonds is 9. The second kappa shape index (κ2) is 9.85. The van der Waals surface area contributed by atoms with E-state index in [1.165, 1.54) is 38.0 Å². The van der Waals surface area contributed by atoms with Crippen LogP contribution in [-0.4, -0.2) is 24.6 Å². The number of nitrogens with one attached hydrogen (secondary N) is 1. The first kappa shape index (κ1) is 14.3. The van der Waals surface area contributed by atoms with E-state index in [0.29, 0.717) is 6.04 Å². The van der Waals surface area contributed by atoms with Crippen molar-refractivity contribution in [3.63, 3.8) is 0 Å². The van der Waals surface area contributed by atoms with Gasteiger partial charge in [-0.15, -0.1) is 0 Å². The van der Waals surface area contributed by atoms with E-state index >= 15 is 0 Å². The number of hydrogen-bond donors (Lipinski definition) is 1. The van der Waals surface area contributed by atoms with Gasteiger partial charge in [-0.1, -0.05) is 33.1 Å². The fraction of sp³-hybridized carbons (Fsp3) is 1.00. The Kier molecular flexibility index (Phi) is 10.1. The number of thioether (sulfide) groups is 1. The van der Waals surface area contributed by atoms with Crippen LogP contribution in [0.1, 0.15) is 46.5 Å². The Morgan fingerprint density at radius 1 is 1.29 bits per heavy atom. The summed E-state index contributed by atoms with van der Waals surface area (Å²) in [5.74, 6) is 2.11. The van der Waals surface area contributed by atoms with Gasteiger partial charge in [0.05, 0.1) is 0 Å². The molecule has 1 N–H and O–H groups in total. The number of unbranched alkanes of at least 4 members (excludes halogenated alkanes) is 1. The lowest BCUT2D eigenvalue weighted by Crippen LogP contribution is -2.32. The van der Waals surface area contributed by atoms with E-state index in [1.807, 2.05) is 11.8 Å². The zero-order valence-electron chi connectivity index (χ0n) is 10.3. The van der Waals surface area contributed by atoms with Gasteiger partial charge in [0.2, 0.25) is 0 Å². The molecule has 0 saturated heterocycles. The Labute approximate surface area is 94.4 Å². The van der Waals surface area contributed by atoms with Crippen LogP contribution in [-0.2, 0) is 0 Å². The molecule has 1 nitrogen and oxygen atoms in total. The van der Waals surface area contributed by atoms with Crippen molar-refractivity contribution in [1.29, 1.82) is 0 Å². The van der Waals surface area contributed by atoms with E-state index in [2.05, 4.69) is 32.3 Å². The molecule has 0 aromatic rings. The van der Waals surface area contributed by atoms with Gasteiger partial charge in [-0.25, -0.2) is 0 Å². The van der Waals surface area contributed by atoms with Crippen molar-refractivity contribution in [3.8, 4) is 0 Å². The van der Waals surface area contributed by atoms with Gasteiger partial charge in [0.15, 0.2) is 0 Å². The lowest BCUT2D eigenvalue weighted by atomic mass is 9.99. The smallest absolute Gasteiger partial charge is 0.0129 e. The molecule has 0 rings (SSSR count). The van der Waals surface area contributed by atoms with Gasteiger partial charge in [0.25, 0.3) is 0 Å². The monoisotopic (exact) mass is 217 g/mol. The molecule has 0 aromatic carbocycles. The summed E-state index contributed by atoms with van der Waals surface area (Å²) in [4.78, 5) is 0. The SMILES string of the molecule is CCCCC(CC)CNC(C)CSC. The van der Waals surface area contributed by atoms with Gasteiger partial charge in [-0.05, 0) is 32.1 Å². The molecular weight excluding hydrogens is 190 g/mol. The fourth-order valence-corrected chi connectivity index (χ4v) is 2.24. The minimum atomic E-state index is 0.667. The molecule has 14 heavy (non-hydrogen) atoms. The Balaban J connectivity index is 3.50. The maximum Gasteiger partial charge on any atom is 0.0129 e. The Morgan fingerprint density at radius 3 is 2.50 bits per heavy atom. The lowest BCUT2D eigenvalue weighted by Gasteiger charge is -2.18. The first-order chi connectivity index (χ1) is 6.74. The Morgan fingerprint density at radius 2 is 2.00 bits per heavy atom. The topological polar surface area (TPSA) is 12.0 Å². The highest BCUT2D eigenvalue weighted by Crippen LogP contribution is 2.11. The van der Waals surface area contributed by atoms with Gasteiger partial charge in [0.1, 0.15) is 0 Å². The summed E-state index contributed by atoms with van der Waals surface area (Å²) < 4.78 is 0. The lowest BCUT2D eigenvalue weighted by molar-refractivity contribution is 0.404. The van der Waals surface area contributed by atoms with Crippen molar-refractivity contribution in [2.75, 3.05) is 18.6 Å². The summed E-state index contributed by atoms with van der Waals surface area (Å²) in [7, 11) is 0. The maximum absolute atomic E-state index is 3.62. The molecule has 0 aromatic heterocycles. The van der Waals surface area contributed by atoms with Crippen molar-refractivity contribution in [2.24, 2.45) is 5.92 Å². The van der Waals surface area contributed by atoms with Crippen LogP contribution in [0.15, 0.2) is 0 Å². The van der Waals surface area contributed by atoms with E-state index in [0.717, 1.165) is 5.92 Å². The van der Waals surface area contributed by atoms with E-state index in [1.54, 1.807) is 0 Å². The average Bonchev–Trinajstić information content (AvgIpc) is 2.19. The van der Waals surface area contributed by atoms with Gasteiger partial charge in [0, 0.05) is 11.8 Å². The summed E-state index contributed by atoms with van der Waals surface area (Å²) in [5.41, 5.74) is 0. The average molecular weight is 217 g/mol. The maximum atomic E-state index is 3.62. The van der Waals surface area contributed by atoms with E-state index in [9.17, 15) is 0 Å². The van der Waals surface area contributed by atoms with E-state index < -0.39 is 0 Å². The largest absolute Gasteiger partial charge is 0.313 e. The van der Waals surface area contributed by atoms with Gasteiger partial charge in [-0.3, -0.25) is 0 Å². The molecule has 0 heterocycles. The van der Waals surface area contributed by atoms with Crippen LogP contribution in [0.3, 0.4) is 0 Å². The highest BCUT2D eigenvalue weighted by molar-refractivity contribution is 7.98. The van der Waals surface area contributed by atoms with Crippen molar-refractivity contribution >= 4 is 11.8 Å². The highest BCUT2D eigenvalue weighted by atomic mass is 32.2. The second-order valence-electron chi connectivity index (χ2n) is 4.18. The van der Waals surface area contributed by atoms with Crippen LogP contribution in [0, 0.1) is 5.92 Å². The van der Waals surface area contributed by atoms with Gasteiger partial charge < -0.3 is 5.32 Å². The summed E-state index contributed by atoms with van der Waals surface area (Å²) in [5, 5.41) is 3.62. The van der Waals surface area contributed by atoms with Crippen molar-refractivity contribution in [3.05, 3.63) is 0 Å². The van der Waals surface area contributed by atoms with Crippen LogP contribution < -0.4 is 5.32 Å². The van der Waals surface area contributed by atoms with Crippen LogP contribution in [0.25, 0.3) is 0 Å². The molecule has 0 aliphatic carbocycles. The molecule has 0 fully saturated rings. The van der Waals surface area contributed by atoms with E-state index in [4.69, 9.17) is 0 Å². The van der Waals surface area contributed by atoms with Crippen LogP contribution in [0.5, 0.6) is 0 Å². The molecule has 2 atom stereocenters. The summed E-state index contributed by atoms with van der Waals surface area (Å²) >= 11 is 1.92. The first-order valence-electron chi connectivity index (χ1n) is 5.96. The normalized spacial score (nSPS) is 15.4. The molecule has 0 saturated carbocycles. The zero-order chi connectivity index (χ0) is 10.8. The minimum Gasteiger partial charge on any atom is -0.313 e. The molecule has 0 amide bonds. The van der Waals surface area contributed by atoms with Crippen molar-refractivity contribution in [1.82, 2.24) is 5.32 Å². The van der Waals surface area contributed by atoms with Crippen molar-refractivity contribution in [2.45, 2.75) is 52.5 Å². The predicted molar refractivity (Wildman–Crippen MR) is 69.2 cm³/mol. The second-order valence-corrected chi connectivity index (χ2v) is 5.09. The summed E-state index contributed by atoms with van der Waals surface area (Å²) in [6.07, 6.45) is 7.60. The number of hydrogen-bond acceptors (Lipinski definition) is 2. The first-order valence-corrected chi connectivity index (χ1v) is 7.36. The summed E-state index contributed by atoms with van der Waals surface area (Å²) in [6.45, 7) is 8.07. The van der Waals surface area contributed by atoms with Crippen LogP contribution in [0.4, 0.5) is 0 Å². The predicted octanol–water partition coefficient (Wildman–Crippen LogP) is 3.54. The van der Waals surface area contributed by atoms with Crippen LogP contribution >= 0.6 is 11.8 Å². The third kappa shape index (κ3) is 7.69. The molecule has 0 aliphatic heterocycles. The fourth-order valence-electron chi connectivity index (χ4n) is 1.62.